The minimum absolute atomic E-state index is 0.0521. The smallest absolute Gasteiger partial charge is 0.307 e. The minimum atomic E-state index is -0.987. The number of amides is 1. The Kier molecular flexibility index (Phi) is 6.47. The number of benzene rings is 2. The van der Waals surface area contributed by atoms with Gasteiger partial charge in [-0.1, -0.05) is 35.9 Å². The number of esters is 1. The summed E-state index contributed by atoms with van der Waals surface area (Å²) in [5.74, 6) is -1.16. The molecule has 0 heterocycles. The Morgan fingerprint density at radius 2 is 1.82 bits per heavy atom. The van der Waals surface area contributed by atoms with Crippen molar-refractivity contribution in [2.75, 3.05) is 5.32 Å². The van der Waals surface area contributed by atoms with Gasteiger partial charge >= 0.3 is 5.97 Å². The molecule has 0 spiro atoms. The van der Waals surface area contributed by atoms with E-state index >= 15 is 0 Å². The number of ketones is 1. The number of carbonyl (C=O) groups excluding carboxylic acids is 3. The monoisotopic (exact) mass is 399 g/mol. The predicted octanol–water partition coefficient (Wildman–Crippen LogP) is 4.36. The number of Topliss-reactive ketones (excluding diaryl/α,β-unsaturated/α-hetero) is 1. The number of para-hydroxylation sites is 1. The quantitative estimate of drug-likeness (QED) is 0.554. The first kappa shape index (κ1) is 20.1. The summed E-state index contributed by atoms with van der Waals surface area (Å²) in [4.78, 5) is 36.5. The van der Waals surface area contributed by atoms with E-state index in [4.69, 9.17) is 16.3 Å². The van der Waals surface area contributed by atoms with Gasteiger partial charge in [0, 0.05) is 12.0 Å². The highest BCUT2D eigenvalue weighted by molar-refractivity contribution is 6.33. The van der Waals surface area contributed by atoms with Gasteiger partial charge in [-0.3, -0.25) is 14.4 Å². The molecule has 1 aliphatic rings. The average Bonchev–Trinajstić information content (AvgIpc) is 3.15. The first-order valence-corrected chi connectivity index (χ1v) is 9.71. The Morgan fingerprint density at radius 1 is 1.07 bits per heavy atom. The zero-order chi connectivity index (χ0) is 20.1. The zero-order valence-corrected chi connectivity index (χ0v) is 16.4. The standard InChI is InChI=1S/C22H22ClNO4/c1-14(22(27)24-19-8-3-2-7-18(19)23)28-21(26)12-11-20(25)17-10-9-15-5-4-6-16(15)13-17/h2-3,7-10,13-14H,4-6,11-12H2,1H3,(H,24,27). The molecule has 0 fully saturated rings. The van der Waals surface area contributed by atoms with Crippen molar-refractivity contribution in [3.05, 3.63) is 64.2 Å². The molecule has 6 heteroatoms. The topological polar surface area (TPSA) is 72.5 Å². The lowest BCUT2D eigenvalue weighted by Crippen LogP contribution is -2.30. The second-order valence-corrected chi connectivity index (χ2v) is 7.27. The first-order valence-electron chi connectivity index (χ1n) is 9.34. The summed E-state index contributed by atoms with van der Waals surface area (Å²) in [7, 11) is 0. The zero-order valence-electron chi connectivity index (χ0n) is 15.7. The number of hydrogen-bond donors (Lipinski definition) is 1. The molecule has 28 heavy (non-hydrogen) atoms. The third-order valence-corrected chi connectivity index (χ3v) is 5.12. The number of rotatable bonds is 7. The summed E-state index contributed by atoms with van der Waals surface area (Å²) in [6, 6.07) is 12.5. The number of ether oxygens (including phenoxy) is 1. The molecule has 3 rings (SSSR count). The maximum atomic E-state index is 12.3. The maximum Gasteiger partial charge on any atom is 0.307 e. The van der Waals surface area contributed by atoms with Crippen LogP contribution in [0.4, 0.5) is 5.69 Å². The maximum absolute atomic E-state index is 12.3. The van der Waals surface area contributed by atoms with E-state index in [1.54, 1.807) is 24.3 Å². The Morgan fingerprint density at radius 3 is 2.61 bits per heavy atom. The SMILES string of the molecule is CC(OC(=O)CCC(=O)c1ccc2c(c1)CCC2)C(=O)Nc1ccccc1Cl. The molecule has 5 nitrogen and oxygen atoms in total. The summed E-state index contributed by atoms with van der Waals surface area (Å²) in [6.45, 7) is 1.48. The highest BCUT2D eigenvalue weighted by Gasteiger charge is 2.20. The van der Waals surface area contributed by atoms with Crippen molar-refractivity contribution in [3.8, 4) is 0 Å². The third kappa shape index (κ3) is 4.98. The Labute approximate surface area is 169 Å². The predicted molar refractivity (Wildman–Crippen MR) is 108 cm³/mol. The van der Waals surface area contributed by atoms with Crippen LogP contribution in [0.3, 0.4) is 0 Å². The highest BCUT2D eigenvalue weighted by Crippen LogP contribution is 2.24. The molecule has 0 saturated carbocycles. The summed E-state index contributed by atoms with van der Waals surface area (Å²) < 4.78 is 5.14. The van der Waals surface area contributed by atoms with Crippen LogP contribution in [0.25, 0.3) is 0 Å². The average molecular weight is 400 g/mol. The third-order valence-electron chi connectivity index (χ3n) is 4.79. The first-order chi connectivity index (χ1) is 13.4. The van der Waals surface area contributed by atoms with Crippen LogP contribution in [0.15, 0.2) is 42.5 Å². The van der Waals surface area contributed by atoms with Crippen molar-refractivity contribution in [3.63, 3.8) is 0 Å². The minimum Gasteiger partial charge on any atom is -0.453 e. The van der Waals surface area contributed by atoms with E-state index in [1.807, 2.05) is 18.2 Å². The van der Waals surface area contributed by atoms with Crippen LogP contribution in [-0.2, 0) is 27.2 Å². The van der Waals surface area contributed by atoms with E-state index in [2.05, 4.69) is 5.32 Å². The summed E-state index contributed by atoms with van der Waals surface area (Å²) in [5, 5.41) is 3.01. The molecule has 1 N–H and O–H groups in total. The van der Waals surface area contributed by atoms with Crippen LogP contribution in [0, 0.1) is 0 Å². The summed E-state index contributed by atoms with van der Waals surface area (Å²) in [5.41, 5.74) is 3.59. The van der Waals surface area contributed by atoms with Crippen LogP contribution in [-0.4, -0.2) is 23.8 Å². The summed E-state index contributed by atoms with van der Waals surface area (Å²) >= 11 is 6.00. The molecule has 0 aliphatic heterocycles. The molecular formula is C22H22ClNO4. The van der Waals surface area contributed by atoms with E-state index in [9.17, 15) is 14.4 Å². The van der Waals surface area contributed by atoms with Gasteiger partial charge in [0.1, 0.15) is 0 Å². The second-order valence-electron chi connectivity index (χ2n) is 6.86. The van der Waals surface area contributed by atoms with Crippen molar-refractivity contribution in [1.82, 2.24) is 0 Å². The van der Waals surface area contributed by atoms with Gasteiger partial charge in [0.2, 0.25) is 0 Å². The normalized spacial score (nSPS) is 13.5. The largest absolute Gasteiger partial charge is 0.453 e. The fourth-order valence-electron chi connectivity index (χ4n) is 3.21. The van der Waals surface area contributed by atoms with Crippen LogP contribution in [0.2, 0.25) is 5.02 Å². The lowest BCUT2D eigenvalue weighted by molar-refractivity contribution is -0.153. The van der Waals surface area contributed by atoms with Gasteiger partial charge in [0.15, 0.2) is 11.9 Å². The number of hydrogen-bond acceptors (Lipinski definition) is 4. The molecule has 1 unspecified atom stereocenters. The van der Waals surface area contributed by atoms with Gasteiger partial charge in [-0.25, -0.2) is 0 Å². The van der Waals surface area contributed by atoms with Gasteiger partial charge in [-0.2, -0.15) is 0 Å². The molecule has 146 valence electrons. The van der Waals surface area contributed by atoms with E-state index in [0.717, 1.165) is 19.3 Å². The van der Waals surface area contributed by atoms with Crippen LogP contribution >= 0.6 is 11.6 Å². The van der Waals surface area contributed by atoms with Gasteiger partial charge in [-0.15, -0.1) is 0 Å². The number of anilines is 1. The van der Waals surface area contributed by atoms with E-state index in [0.29, 0.717) is 16.3 Å². The molecule has 0 aromatic heterocycles. The van der Waals surface area contributed by atoms with Gasteiger partial charge in [-0.05, 0) is 55.5 Å². The van der Waals surface area contributed by atoms with Crippen molar-refractivity contribution in [1.29, 1.82) is 0 Å². The number of halogens is 1. The van der Waals surface area contributed by atoms with Gasteiger partial charge in [0.25, 0.3) is 5.91 Å². The van der Waals surface area contributed by atoms with Crippen molar-refractivity contribution in [2.45, 2.75) is 45.1 Å². The molecule has 0 bridgehead atoms. The van der Waals surface area contributed by atoms with E-state index < -0.39 is 18.0 Å². The molecule has 1 aliphatic carbocycles. The molecule has 1 atom stereocenters. The van der Waals surface area contributed by atoms with Crippen LogP contribution in [0.5, 0.6) is 0 Å². The Hall–Kier alpha value is -2.66. The molecule has 2 aromatic carbocycles. The molecule has 0 radical (unpaired) electrons. The van der Waals surface area contributed by atoms with Crippen LogP contribution in [0.1, 0.15) is 47.7 Å². The van der Waals surface area contributed by atoms with E-state index in [1.165, 1.54) is 18.1 Å². The van der Waals surface area contributed by atoms with Crippen molar-refractivity contribution in [2.24, 2.45) is 0 Å². The fourth-order valence-corrected chi connectivity index (χ4v) is 3.39. The number of nitrogens with one attached hydrogen (secondary N) is 1. The summed E-state index contributed by atoms with van der Waals surface area (Å²) in [6.07, 6.45) is 2.17. The fraction of sp³-hybridized carbons (Fsp3) is 0.318. The highest BCUT2D eigenvalue weighted by atomic mass is 35.5. The van der Waals surface area contributed by atoms with Crippen molar-refractivity contribution >= 4 is 34.9 Å². The van der Waals surface area contributed by atoms with Gasteiger partial charge < -0.3 is 10.1 Å². The van der Waals surface area contributed by atoms with E-state index in [-0.39, 0.29) is 18.6 Å². The lowest BCUT2D eigenvalue weighted by atomic mass is 10.0. The Bertz CT molecular complexity index is 909. The van der Waals surface area contributed by atoms with Crippen LogP contribution < -0.4 is 5.32 Å². The second kappa shape index (κ2) is 9.02. The number of aryl methyl sites for hydroxylation is 2. The molecule has 0 saturated heterocycles. The van der Waals surface area contributed by atoms with Crippen molar-refractivity contribution < 1.29 is 19.1 Å². The van der Waals surface area contributed by atoms with Gasteiger partial charge in [0.05, 0.1) is 17.1 Å². The lowest BCUT2D eigenvalue weighted by Gasteiger charge is -2.14. The molecule has 1 amide bonds. The molecular weight excluding hydrogens is 378 g/mol. The Balaban J connectivity index is 1.47. The number of fused-ring (bicyclic) bond motifs is 1. The molecule has 2 aromatic rings. The number of carbonyl (C=O) groups is 3.